The maximum absolute atomic E-state index is 12.9. The Hall–Kier alpha value is -3.15. The van der Waals surface area contributed by atoms with Crippen molar-refractivity contribution in [2.24, 2.45) is 0 Å². The van der Waals surface area contributed by atoms with E-state index in [4.69, 9.17) is 4.74 Å². The quantitative estimate of drug-likeness (QED) is 0.516. The second kappa shape index (κ2) is 6.76. The Labute approximate surface area is 145 Å². The Morgan fingerprint density at radius 3 is 2.24 bits per heavy atom. The maximum atomic E-state index is 12.9. The molecule has 1 aliphatic heterocycles. The molecule has 0 bridgehead atoms. The molecule has 6 heteroatoms. The number of hydrogen-bond donors (Lipinski definition) is 1. The fraction of sp³-hybridized carbons (Fsp3) is 0.211. The van der Waals surface area contributed by atoms with Gasteiger partial charge in [0.25, 0.3) is 5.91 Å². The number of benzene rings is 2. The Kier molecular flexibility index (Phi) is 4.52. The molecule has 3 amide bonds. The van der Waals surface area contributed by atoms with Crippen molar-refractivity contribution in [3.8, 4) is 5.75 Å². The number of esters is 1. The highest BCUT2D eigenvalue weighted by Gasteiger charge is 2.51. The highest BCUT2D eigenvalue weighted by Crippen LogP contribution is 2.32. The molecule has 0 saturated carbocycles. The molecule has 1 atom stereocenters. The third-order valence-electron chi connectivity index (χ3n) is 4.23. The Morgan fingerprint density at radius 1 is 1.04 bits per heavy atom. The highest BCUT2D eigenvalue weighted by atomic mass is 16.5. The van der Waals surface area contributed by atoms with Gasteiger partial charge in [-0.3, -0.25) is 9.69 Å². The summed E-state index contributed by atoms with van der Waals surface area (Å²) in [5, 5.41) is 2.73. The molecule has 0 radical (unpaired) electrons. The van der Waals surface area contributed by atoms with Gasteiger partial charge in [0.1, 0.15) is 17.8 Å². The summed E-state index contributed by atoms with van der Waals surface area (Å²) in [6.45, 7) is 1.38. The van der Waals surface area contributed by atoms with Crippen LogP contribution in [0.1, 0.15) is 18.9 Å². The van der Waals surface area contributed by atoms with E-state index in [2.05, 4.69) is 5.32 Å². The lowest BCUT2D eigenvalue weighted by atomic mass is 9.87. The Morgan fingerprint density at radius 2 is 1.64 bits per heavy atom. The van der Waals surface area contributed by atoms with E-state index in [1.807, 2.05) is 13.0 Å². The van der Waals surface area contributed by atoms with Crippen LogP contribution < -0.4 is 10.1 Å². The molecule has 128 valence electrons. The predicted molar refractivity (Wildman–Crippen MR) is 90.7 cm³/mol. The van der Waals surface area contributed by atoms with E-state index >= 15 is 0 Å². The molecule has 6 nitrogen and oxygen atoms in total. The van der Waals surface area contributed by atoms with Crippen molar-refractivity contribution < 1.29 is 19.1 Å². The van der Waals surface area contributed by atoms with Gasteiger partial charge in [-0.1, -0.05) is 55.5 Å². The minimum atomic E-state index is -1.15. The van der Waals surface area contributed by atoms with Gasteiger partial charge in [-0.15, -0.1) is 0 Å². The first kappa shape index (κ1) is 16.7. The first-order chi connectivity index (χ1) is 12.1. The van der Waals surface area contributed by atoms with E-state index in [-0.39, 0.29) is 0 Å². The van der Waals surface area contributed by atoms with Crippen molar-refractivity contribution in [3.05, 3.63) is 66.2 Å². The number of amides is 3. The van der Waals surface area contributed by atoms with Gasteiger partial charge in [0.05, 0.1) is 0 Å². The Balaban J connectivity index is 1.78. The standard InChI is InChI=1S/C19H18N2O4/c1-2-19(14-9-5-3-6-10-14)17(23)21(18(24)20-19)13-16(22)25-15-11-7-4-8-12-15/h3-12H,2,13H2,1H3,(H,20,24). The van der Waals surface area contributed by atoms with Gasteiger partial charge in [0.15, 0.2) is 0 Å². The molecular weight excluding hydrogens is 320 g/mol. The first-order valence-corrected chi connectivity index (χ1v) is 8.02. The van der Waals surface area contributed by atoms with Crippen LogP contribution in [-0.2, 0) is 15.1 Å². The van der Waals surface area contributed by atoms with Crippen LogP contribution in [0.15, 0.2) is 60.7 Å². The molecule has 1 unspecified atom stereocenters. The Bertz CT molecular complexity index is 792. The van der Waals surface area contributed by atoms with Crippen molar-refractivity contribution in [1.29, 1.82) is 0 Å². The van der Waals surface area contributed by atoms with Gasteiger partial charge < -0.3 is 10.1 Å². The normalized spacial score (nSPS) is 19.6. The molecule has 3 rings (SSSR count). The molecule has 2 aromatic rings. The number of ether oxygens (including phenoxy) is 1. The summed E-state index contributed by atoms with van der Waals surface area (Å²) in [5.74, 6) is -0.754. The molecule has 2 aromatic carbocycles. The van der Waals surface area contributed by atoms with E-state index in [1.54, 1.807) is 54.6 Å². The molecule has 0 spiro atoms. The number of imide groups is 1. The molecule has 1 saturated heterocycles. The summed E-state index contributed by atoms with van der Waals surface area (Å²) in [4.78, 5) is 38.2. The van der Waals surface area contributed by atoms with Crippen molar-refractivity contribution in [3.63, 3.8) is 0 Å². The van der Waals surface area contributed by atoms with Crippen LogP contribution in [-0.4, -0.2) is 29.4 Å². The number of carbonyl (C=O) groups excluding carboxylic acids is 3. The van der Waals surface area contributed by atoms with Crippen LogP contribution >= 0.6 is 0 Å². The van der Waals surface area contributed by atoms with E-state index in [0.29, 0.717) is 17.7 Å². The van der Waals surface area contributed by atoms with Crippen LogP contribution in [0.3, 0.4) is 0 Å². The molecule has 0 aliphatic carbocycles. The lowest BCUT2D eigenvalue weighted by Gasteiger charge is -2.25. The topological polar surface area (TPSA) is 75.7 Å². The smallest absolute Gasteiger partial charge is 0.331 e. The fourth-order valence-electron chi connectivity index (χ4n) is 2.91. The SMILES string of the molecule is CCC1(c2ccccc2)NC(=O)N(CC(=O)Oc2ccccc2)C1=O. The minimum absolute atomic E-state index is 0.365. The number of urea groups is 1. The highest BCUT2D eigenvalue weighted by molar-refractivity contribution is 6.09. The molecule has 1 fully saturated rings. The minimum Gasteiger partial charge on any atom is -0.425 e. The van der Waals surface area contributed by atoms with Gasteiger partial charge in [0.2, 0.25) is 0 Å². The van der Waals surface area contributed by atoms with Crippen molar-refractivity contribution in [1.82, 2.24) is 10.2 Å². The number of para-hydroxylation sites is 1. The average molecular weight is 338 g/mol. The molecular formula is C19H18N2O4. The van der Waals surface area contributed by atoms with E-state index in [0.717, 1.165) is 4.90 Å². The maximum Gasteiger partial charge on any atom is 0.331 e. The molecule has 1 aliphatic rings. The van der Waals surface area contributed by atoms with Gasteiger partial charge in [-0.05, 0) is 24.1 Å². The van der Waals surface area contributed by atoms with Crippen molar-refractivity contribution in [2.75, 3.05) is 6.54 Å². The largest absolute Gasteiger partial charge is 0.425 e. The van der Waals surface area contributed by atoms with Crippen LogP contribution in [0.4, 0.5) is 4.79 Å². The third kappa shape index (κ3) is 3.10. The zero-order valence-electron chi connectivity index (χ0n) is 13.8. The van der Waals surface area contributed by atoms with Gasteiger partial charge >= 0.3 is 12.0 Å². The number of hydrogen-bond acceptors (Lipinski definition) is 4. The first-order valence-electron chi connectivity index (χ1n) is 8.02. The summed E-state index contributed by atoms with van der Waals surface area (Å²) in [7, 11) is 0. The zero-order chi connectivity index (χ0) is 17.9. The third-order valence-corrected chi connectivity index (χ3v) is 4.23. The van der Waals surface area contributed by atoms with Gasteiger partial charge in [0, 0.05) is 0 Å². The summed E-state index contributed by atoms with van der Waals surface area (Å²) in [6, 6.07) is 16.9. The lowest BCUT2D eigenvalue weighted by Crippen LogP contribution is -2.44. The van der Waals surface area contributed by atoms with E-state index in [1.165, 1.54) is 0 Å². The number of nitrogens with zero attached hydrogens (tertiary/aromatic N) is 1. The van der Waals surface area contributed by atoms with Crippen LogP contribution in [0.2, 0.25) is 0 Å². The second-order valence-electron chi connectivity index (χ2n) is 5.73. The summed E-state index contributed by atoms with van der Waals surface area (Å²) >= 11 is 0. The van der Waals surface area contributed by atoms with Crippen molar-refractivity contribution >= 4 is 17.9 Å². The van der Waals surface area contributed by atoms with Crippen LogP contribution in [0, 0.1) is 0 Å². The molecule has 1 heterocycles. The van der Waals surface area contributed by atoms with Crippen molar-refractivity contribution in [2.45, 2.75) is 18.9 Å². The summed E-state index contributed by atoms with van der Waals surface area (Å²) in [6.07, 6.45) is 0.381. The monoisotopic (exact) mass is 338 g/mol. The number of nitrogens with one attached hydrogen (secondary N) is 1. The molecule has 1 N–H and O–H groups in total. The summed E-state index contributed by atoms with van der Waals surface area (Å²) in [5.41, 5.74) is -0.458. The van der Waals surface area contributed by atoms with Crippen LogP contribution in [0.25, 0.3) is 0 Å². The number of rotatable bonds is 5. The molecule has 0 aromatic heterocycles. The van der Waals surface area contributed by atoms with Crippen LogP contribution in [0.5, 0.6) is 5.75 Å². The van der Waals surface area contributed by atoms with E-state index < -0.39 is 30.0 Å². The molecule has 25 heavy (non-hydrogen) atoms. The predicted octanol–water partition coefficient (Wildman–Crippen LogP) is 2.45. The second-order valence-corrected chi connectivity index (χ2v) is 5.73. The lowest BCUT2D eigenvalue weighted by molar-refractivity contribution is -0.141. The average Bonchev–Trinajstić information content (AvgIpc) is 2.88. The van der Waals surface area contributed by atoms with Gasteiger partial charge in [-0.2, -0.15) is 0 Å². The van der Waals surface area contributed by atoms with Gasteiger partial charge in [-0.25, -0.2) is 9.59 Å². The number of carbonyl (C=O) groups is 3. The fourth-order valence-corrected chi connectivity index (χ4v) is 2.91. The zero-order valence-corrected chi connectivity index (χ0v) is 13.8. The summed E-state index contributed by atoms with van der Waals surface area (Å²) < 4.78 is 5.17. The van der Waals surface area contributed by atoms with E-state index in [9.17, 15) is 14.4 Å².